The van der Waals surface area contributed by atoms with Gasteiger partial charge in [-0.1, -0.05) is 49.9 Å². The molecular weight excluding hydrogens is 456 g/mol. The minimum absolute atomic E-state index is 0. The minimum Gasteiger partial charge on any atom is -0.364 e. The number of H-pyrrole nitrogens is 2. The third-order valence-electron chi connectivity index (χ3n) is 7.11. The molecule has 190 valence electrons. The Hall–Kier alpha value is -3.74. The Labute approximate surface area is 219 Å². The van der Waals surface area contributed by atoms with Gasteiger partial charge in [0, 0.05) is 37.7 Å². The Morgan fingerprint density at radius 3 is 2.59 bits per heavy atom. The summed E-state index contributed by atoms with van der Waals surface area (Å²) in [6, 6.07) is 26.0. The van der Waals surface area contributed by atoms with Crippen molar-refractivity contribution in [2.24, 2.45) is 0 Å². The Morgan fingerprint density at radius 1 is 0.892 bits per heavy atom. The van der Waals surface area contributed by atoms with Gasteiger partial charge in [0.05, 0.1) is 29.3 Å². The van der Waals surface area contributed by atoms with Crippen molar-refractivity contribution >= 4 is 11.0 Å². The lowest BCUT2D eigenvalue weighted by molar-refractivity contribution is 0.153. The van der Waals surface area contributed by atoms with Gasteiger partial charge in [-0.15, -0.1) is 0 Å². The molecule has 0 bridgehead atoms. The zero-order valence-electron chi connectivity index (χ0n) is 20.5. The summed E-state index contributed by atoms with van der Waals surface area (Å²) in [7, 11) is 0. The molecule has 3 heterocycles. The quantitative estimate of drug-likeness (QED) is 0.226. The maximum absolute atomic E-state index is 4.89. The first kappa shape index (κ1) is 24.9. The van der Waals surface area contributed by atoms with Crippen LogP contribution in [0.3, 0.4) is 0 Å². The van der Waals surface area contributed by atoms with Crippen LogP contribution in [0.25, 0.3) is 11.0 Å². The van der Waals surface area contributed by atoms with Crippen LogP contribution < -0.4 is 5.32 Å². The maximum Gasteiger partial charge on any atom is 0.121 e. The number of aromatic nitrogens is 4. The molecule has 6 heteroatoms. The van der Waals surface area contributed by atoms with Crippen molar-refractivity contribution in [3.63, 3.8) is 0 Å². The van der Waals surface area contributed by atoms with Crippen LogP contribution in [0.4, 0.5) is 0 Å². The van der Waals surface area contributed by atoms with Gasteiger partial charge < -0.3 is 15.3 Å². The summed E-state index contributed by atoms with van der Waals surface area (Å²) in [5, 5.41) is 3.51. The Kier molecular flexibility index (Phi) is 7.78. The standard InChI is InChI=1S/C30H32N6.CH4/c1-2-10-27-26(9-1)34-29(35-27)21-36(28-11-3-6-24-7-4-17-33-30(24)28)20-23-14-12-22(13-15-23)18-31-19-25-8-5-16-32-25;/h1-2,4-5,7-10,12-17,28,31-32H,3,6,11,18-21H2,(H,34,35);1H4. The molecule has 0 saturated heterocycles. The van der Waals surface area contributed by atoms with Crippen LogP contribution in [0.1, 0.15) is 60.2 Å². The van der Waals surface area contributed by atoms with Gasteiger partial charge in [0.25, 0.3) is 0 Å². The third-order valence-corrected chi connectivity index (χ3v) is 7.11. The molecule has 1 atom stereocenters. The van der Waals surface area contributed by atoms with Gasteiger partial charge in [-0.2, -0.15) is 0 Å². The highest BCUT2D eigenvalue weighted by Crippen LogP contribution is 2.34. The number of nitrogens with zero attached hydrogens (tertiary/aromatic N) is 3. The molecule has 3 aromatic heterocycles. The lowest BCUT2D eigenvalue weighted by Gasteiger charge is -2.34. The van der Waals surface area contributed by atoms with E-state index < -0.39 is 0 Å². The maximum atomic E-state index is 4.89. The number of fused-ring (bicyclic) bond motifs is 2. The first-order valence-corrected chi connectivity index (χ1v) is 12.8. The molecule has 6 rings (SSSR count). The zero-order valence-corrected chi connectivity index (χ0v) is 20.5. The highest BCUT2D eigenvalue weighted by atomic mass is 15.2. The minimum atomic E-state index is 0. The average molecular weight is 493 g/mol. The molecule has 0 saturated carbocycles. The van der Waals surface area contributed by atoms with Crippen molar-refractivity contribution in [1.82, 2.24) is 30.2 Å². The largest absolute Gasteiger partial charge is 0.364 e. The molecule has 0 fully saturated rings. The molecule has 3 N–H and O–H groups in total. The molecular formula is C31H36N6. The molecule has 0 aliphatic heterocycles. The molecule has 1 unspecified atom stereocenters. The predicted molar refractivity (Wildman–Crippen MR) is 150 cm³/mol. The molecule has 37 heavy (non-hydrogen) atoms. The summed E-state index contributed by atoms with van der Waals surface area (Å²) >= 11 is 0. The van der Waals surface area contributed by atoms with Gasteiger partial charge in [-0.05, 0) is 66.3 Å². The average Bonchev–Trinajstić information content (AvgIpc) is 3.58. The van der Waals surface area contributed by atoms with Crippen molar-refractivity contribution in [1.29, 1.82) is 0 Å². The number of aryl methyl sites for hydroxylation is 1. The normalized spacial score (nSPS) is 15.0. The predicted octanol–water partition coefficient (Wildman–Crippen LogP) is 6.29. The molecule has 0 amide bonds. The van der Waals surface area contributed by atoms with Crippen LogP contribution in [0, 0.1) is 0 Å². The second-order valence-corrected chi connectivity index (χ2v) is 9.68. The highest BCUT2D eigenvalue weighted by molar-refractivity contribution is 5.74. The smallest absolute Gasteiger partial charge is 0.121 e. The number of hydrogen-bond acceptors (Lipinski definition) is 4. The van der Waals surface area contributed by atoms with Crippen LogP contribution in [0.2, 0.25) is 0 Å². The van der Waals surface area contributed by atoms with Gasteiger partial charge in [-0.3, -0.25) is 9.88 Å². The number of nitrogens with one attached hydrogen (secondary N) is 3. The number of rotatable bonds is 9. The number of benzene rings is 2. The number of hydrogen-bond donors (Lipinski definition) is 3. The second-order valence-electron chi connectivity index (χ2n) is 9.68. The first-order chi connectivity index (χ1) is 17.8. The summed E-state index contributed by atoms with van der Waals surface area (Å²) in [5.74, 6) is 1.00. The molecule has 0 spiro atoms. The van der Waals surface area contributed by atoms with E-state index in [1.165, 1.54) is 34.5 Å². The lowest BCUT2D eigenvalue weighted by Crippen LogP contribution is -2.31. The van der Waals surface area contributed by atoms with Gasteiger partial charge in [-0.25, -0.2) is 4.98 Å². The van der Waals surface area contributed by atoms with E-state index in [2.05, 4.69) is 80.8 Å². The zero-order chi connectivity index (χ0) is 24.2. The Balaban J connectivity index is 0.00000280. The van der Waals surface area contributed by atoms with E-state index in [9.17, 15) is 0 Å². The van der Waals surface area contributed by atoms with Crippen LogP contribution in [-0.4, -0.2) is 24.8 Å². The van der Waals surface area contributed by atoms with Gasteiger partial charge in [0.1, 0.15) is 5.82 Å². The summed E-state index contributed by atoms with van der Waals surface area (Å²) in [5.41, 5.74) is 8.52. The van der Waals surface area contributed by atoms with Crippen LogP contribution in [0.5, 0.6) is 0 Å². The lowest BCUT2D eigenvalue weighted by atomic mass is 9.90. The van der Waals surface area contributed by atoms with Crippen LogP contribution in [-0.2, 0) is 32.6 Å². The van der Waals surface area contributed by atoms with Gasteiger partial charge >= 0.3 is 0 Å². The van der Waals surface area contributed by atoms with E-state index in [0.717, 1.165) is 55.9 Å². The molecule has 6 nitrogen and oxygen atoms in total. The molecule has 1 aliphatic rings. The van der Waals surface area contributed by atoms with Crippen LogP contribution in [0.15, 0.2) is 85.2 Å². The van der Waals surface area contributed by atoms with Crippen molar-refractivity contribution < 1.29 is 0 Å². The number of imidazole rings is 1. The van der Waals surface area contributed by atoms with E-state index >= 15 is 0 Å². The molecule has 2 aromatic carbocycles. The van der Waals surface area contributed by atoms with Crippen molar-refractivity contribution in [2.45, 2.75) is 58.9 Å². The number of pyridine rings is 1. The summed E-state index contributed by atoms with van der Waals surface area (Å²) in [6.07, 6.45) is 7.31. The van der Waals surface area contributed by atoms with E-state index in [4.69, 9.17) is 9.97 Å². The van der Waals surface area contributed by atoms with Crippen molar-refractivity contribution in [3.05, 3.63) is 119 Å². The van der Waals surface area contributed by atoms with E-state index in [-0.39, 0.29) is 13.5 Å². The monoisotopic (exact) mass is 492 g/mol. The third kappa shape index (κ3) is 5.82. The van der Waals surface area contributed by atoms with Crippen molar-refractivity contribution in [2.75, 3.05) is 0 Å². The Bertz CT molecular complexity index is 1370. The number of para-hydroxylation sites is 2. The first-order valence-electron chi connectivity index (χ1n) is 12.8. The van der Waals surface area contributed by atoms with Gasteiger partial charge in [0.15, 0.2) is 0 Å². The highest BCUT2D eigenvalue weighted by Gasteiger charge is 2.28. The SMILES string of the molecule is C.c1c[nH]c(CNCc2ccc(CN(Cc3nc4ccccc4[nH]3)C3CCCc4cccnc43)cc2)c1. The summed E-state index contributed by atoms with van der Waals surface area (Å²) in [6.45, 7) is 3.30. The number of aromatic amines is 2. The second kappa shape index (κ2) is 11.5. The molecule has 0 radical (unpaired) electrons. The fourth-order valence-corrected chi connectivity index (χ4v) is 5.31. The van der Waals surface area contributed by atoms with E-state index in [0.29, 0.717) is 0 Å². The summed E-state index contributed by atoms with van der Waals surface area (Å²) < 4.78 is 0. The fraction of sp³-hybridized carbons (Fsp3) is 0.290. The van der Waals surface area contributed by atoms with Crippen LogP contribution >= 0.6 is 0 Å². The molecule has 5 aromatic rings. The van der Waals surface area contributed by atoms with Crippen molar-refractivity contribution in [3.8, 4) is 0 Å². The van der Waals surface area contributed by atoms with E-state index in [1.54, 1.807) is 0 Å². The summed E-state index contributed by atoms with van der Waals surface area (Å²) in [4.78, 5) is 19.0. The van der Waals surface area contributed by atoms with E-state index in [1.807, 2.05) is 24.5 Å². The topological polar surface area (TPSA) is 72.6 Å². The fourth-order valence-electron chi connectivity index (χ4n) is 5.31. The van der Waals surface area contributed by atoms with Gasteiger partial charge in [0.2, 0.25) is 0 Å². The molecule has 1 aliphatic carbocycles. The Morgan fingerprint density at radius 2 is 1.76 bits per heavy atom.